The average Bonchev–Trinajstić information content (AvgIpc) is 2.73. The van der Waals surface area contributed by atoms with E-state index >= 15 is 0 Å². The molecule has 1 aromatic heterocycles. The molecule has 0 aliphatic rings. The normalized spacial score (nSPS) is 12.6. The summed E-state index contributed by atoms with van der Waals surface area (Å²) in [6, 6.07) is 11.7. The third kappa shape index (κ3) is 2.57. The fraction of sp³-hybridized carbons (Fsp3) is 0.286. The summed E-state index contributed by atoms with van der Waals surface area (Å²) in [7, 11) is 0. The molecule has 90 valence electrons. The molecule has 0 spiro atoms. The van der Waals surface area contributed by atoms with Gasteiger partial charge in [0.2, 0.25) is 0 Å². The van der Waals surface area contributed by atoms with Crippen LogP contribution in [0.25, 0.3) is 11.3 Å². The maximum Gasteiger partial charge on any atom is 0.134 e. The Morgan fingerprint density at radius 1 is 1.29 bits per heavy atom. The quantitative estimate of drug-likeness (QED) is 0.850. The van der Waals surface area contributed by atoms with E-state index in [1.54, 1.807) is 0 Å². The highest BCUT2D eigenvalue weighted by atomic mass is 16.3. The van der Waals surface area contributed by atoms with Gasteiger partial charge in [0.05, 0.1) is 0 Å². The highest BCUT2D eigenvalue weighted by Gasteiger charge is 2.14. The summed E-state index contributed by atoms with van der Waals surface area (Å²) in [5.74, 6) is 1.65. The summed E-state index contributed by atoms with van der Waals surface area (Å²) >= 11 is 0. The summed E-state index contributed by atoms with van der Waals surface area (Å²) in [5.41, 5.74) is 7.99. The van der Waals surface area contributed by atoms with Crippen LogP contribution in [0.4, 0.5) is 0 Å². The van der Waals surface area contributed by atoms with Gasteiger partial charge in [0.25, 0.3) is 0 Å². The molecule has 1 unspecified atom stereocenters. The van der Waals surface area contributed by atoms with E-state index in [9.17, 15) is 0 Å². The van der Waals surface area contributed by atoms with E-state index in [4.69, 9.17) is 15.3 Å². The van der Waals surface area contributed by atoms with Gasteiger partial charge in [-0.15, -0.1) is 0 Å². The fourth-order valence-corrected chi connectivity index (χ4v) is 1.90. The Hall–Kier alpha value is -1.58. The van der Waals surface area contributed by atoms with Crippen LogP contribution in [-0.4, -0.2) is 11.7 Å². The van der Waals surface area contributed by atoms with E-state index in [2.05, 4.69) is 0 Å². The number of aliphatic hydroxyl groups is 1. The molecule has 1 aromatic carbocycles. The Labute approximate surface area is 101 Å². The van der Waals surface area contributed by atoms with Crippen LogP contribution in [0.3, 0.4) is 0 Å². The molecule has 0 radical (unpaired) electrons. The molecule has 3 nitrogen and oxygen atoms in total. The number of furan rings is 1. The zero-order chi connectivity index (χ0) is 12.3. The van der Waals surface area contributed by atoms with E-state index in [1.165, 1.54) is 0 Å². The van der Waals surface area contributed by atoms with E-state index in [-0.39, 0.29) is 12.6 Å². The third-order valence-corrected chi connectivity index (χ3v) is 2.85. The largest absolute Gasteiger partial charge is 0.461 e. The van der Waals surface area contributed by atoms with Crippen molar-refractivity contribution in [3.63, 3.8) is 0 Å². The Morgan fingerprint density at radius 3 is 2.65 bits per heavy atom. The predicted octanol–water partition coefficient (Wildman–Crippen LogP) is 2.64. The van der Waals surface area contributed by atoms with Crippen molar-refractivity contribution in [1.29, 1.82) is 0 Å². The van der Waals surface area contributed by atoms with Crippen molar-refractivity contribution in [2.24, 2.45) is 5.73 Å². The summed E-state index contributed by atoms with van der Waals surface area (Å²) in [5, 5.41) is 8.90. The van der Waals surface area contributed by atoms with Crippen LogP contribution in [0, 0.1) is 6.92 Å². The van der Waals surface area contributed by atoms with Crippen molar-refractivity contribution in [1.82, 2.24) is 0 Å². The van der Waals surface area contributed by atoms with Crippen molar-refractivity contribution >= 4 is 0 Å². The van der Waals surface area contributed by atoms with Crippen molar-refractivity contribution in [3.8, 4) is 11.3 Å². The van der Waals surface area contributed by atoms with Crippen LogP contribution >= 0.6 is 0 Å². The first-order valence-corrected chi connectivity index (χ1v) is 5.74. The van der Waals surface area contributed by atoms with Crippen LogP contribution in [0.15, 0.2) is 40.8 Å². The maximum absolute atomic E-state index is 8.90. The lowest BCUT2D eigenvalue weighted by atomic mass is 10.0. The molecule has 17 heavy (non-hydrogen) atoms. The first kappa shape index (κ1) is 11.9. The number of benzene rings is 1. The first-order valence-electron chi connectivity index (χ1n) is 5.74. The van der Waals surface area contributed by atoms with Gasteiger partial charge in [0.1, 0.15) is 11.5 Å². The number of hydrogen-bond donors (Lipinski definition) is 2. The Kier molecular flexibility index (Phi) is 3.61. The summed E-state index contributed by atoms with van der Waals surface area (Å²) in [4.78, 5) is 0. The standard InChI is InChI=1S/C14H17NO2/c1-10-12(13(15)7-8-16)9-14(17-10)11-5-3-2-4-6-11/h2-6,9,13,16H,7-8,15H2,1H3. The minimum absolute atomic E-state index is 0.0897. The zero-order valence-corrected chi connectivity index (χ0v) is 9.89. The minimum Gasteiger partial charge on any atom is -0.461 e. The second-order valence-electron chi connectivity index (χ2n) is 4.11. The topological polar surface area (TPSA) is 59.4 Å². The average molecular weight is 231 g/mol. The molecular formula is C14H17NO2. The smallest absolute Gasteiger partial charge is 0.134 e. The minimum atomic E-state index is -0.166. The Bertz CT molecular complexity index is 476. The molecule has 0 bridgehead atoms. The van der Waals surface area contributed by atoms with Crippen LogP contribution < -0.4 is 5.73 Å². The highest BCUT2D eigenvalue weighted by molar-refractivity contribution is 5.58. The highest BCUT2D eigenvalue weighted by Crippen LogP contribution is 2.28. The molecule has 0 aliphatic carbocycles. The number of nitrogens with two attached hydrogens (primary N) is 1. The fourth-order valence-electron chi connectivity index (χ4n) is 1.90. The molecule has 0 saturated carbocycles. The summed E-state index contributed by atoms with van der Waals surface area (Å²) in [6.45, 7) is 1.99. The van der Waals surface area contributed by atoms with Gasteiger partial charge in [-0.05, 0) is 19.4 Å². The van der Waals surface area contributed by atoms with Crippen LogP contribution in [-0.2, 0) is 0 Å². The van der Waals surface area contributed by atoms with Crippen LogP contribution in [0.1, 0.15) is 23.8 Å². The second-order valence-corrected chi connectivity index (χ2v) is 4.11. The molecule has 0 saturated heterocycles. The van der Waals surface area contributed by atoms with Gasteiger partial charge >= 0.3 is 0 Å². The van der Waals surface area contributed by atoms with Gasteiger partial charge in [-0.2, -0.15) is 0 Å². The lowest BCUT2D eigenvalue weighted by Crippen LogP contribution is -2.11. The summed E-state index contributed by atoms with van der Waals surface area (Å²) in [6.07, 6.45) is 0.550. The Morgan fingerprint density at radius 2 is 2.00 bits per heavy atom. The summed E-state index contributed by atoms with van der Waals surface area (Å²) < 4.78 is 5.71. The van der Waals surface area contributed by atoms with Crippen molar-refractivity contribution in [2.45, 2.75) is 19.4 Å². The Balaban J connectivity index is 2.31. The SMILES string of the molecule is Cc1oc(-c2ccccc2)cc1C(N)CCO. The molecule has 2 rings (SSSR count). The number of aliphatic hydroxyl groups excluding tert-OH is 1. The molecule has 3 heteroatoms. The van der Waals surface area contributed by atoms with Crippen LogP contribution in [0.2, 0.25) is 0 Å². The predicted molar refractivity (Wildman–Crippen MR) is 67.5 cm³/mol. The van der Waals surface area contributed by atoms with Crippen molar-refractivity contribution in [3.05, 3.63) is 47.7 Å². The maximum atomic E-state index is 8.90. The zero-order valence-electron chi connectivity index (χ0n) is 9.89. The van der Waals surface area contributed by atoms with Gasteiger partial charge in [-0.3, -0.25) is 0 Å². The molecule has 2 aromatic rings. The van der Waals surface area contributed by atoms with Gasteiger partial charge < -0.3 is 15.3 Å². The molecule has 3 N–H and O–H groups in total. The van der Waals surface area contributed by atoms with Crippen molar-refractivity contribution < 1.29 is 9.52 Å². The number of hydrogen-bond acceptors (Lipinski definition) is 3. The first-order chi connectivity index (χ1) is 8.22. The van der Waals surface area contributed by atoms with Gasteiger partial charge in [0.15, 0.2) is 0 Å². The second kappa shape index (κ2) is 5.17. The van der Waals surface area contributed by atoms with Crippen LogP contribution in [0.5, 0.6) is 0 Å². The van der Waals surface area contributed by atoms with E-state index in [0.29, 0.717) is 6.42 Å². The number of aryl methyl sites for hydroxylation is 1. The van der Waals surface area contributed by atoms with E-state index < -0.39 is 0 Å². The monoisotopic (exact) mass is 231 g/mol. The molecule has 0 aliphatic heterocycles. The van der Waals surface area contributed by atoms with Gasteiger partial charge in [0, 0.05) is 23.8 Å². The molecule has 0 fully saturated rings. The lowest BCUT2D eigenvalue weighted by molar-refractivity contribution is 0.276. The number of rotatable bonds is 4. The van der Waals surface area contributed by atoms with E-state index in [1.807, 2.05) is 43.3 Å². The van der Waals surface area contributed by atoms with E-state index in [0.717, 1.165) is 22.6 Å². The lowest BCUT2D eigenvalue weighted by Gasteiger charge is -2.07. The molecule has 0 amide bonds. The third-order valence-electron chi connectivity index (χ3n) is 2.85. The molecule has 1 atom stereocenters. The van der Waals surface area contributed by atoms with Crippen molar-refractivity contribution in [2.75, 3.05) is 6.61 Å². The molecular weight excluding hydrogens is 214 g/mol. The van der Waals surface area contributed by atoms with Gasteiger partial charge in [-0.25, -0.2) is 0 Å². The molecule has 1 heterocycles. The van der Waals surface area contributed by atoms with Gasteiger partial charge in [-0.1, -0.05) is 30.3 Å².